The summed E-state index contributed by atoms with van der Waals surface area (Å²) in [6, 6.07) is 0. The molecule has 0 saturated heterocycles. The SMILES string of the molecule is Cc1cscc1CCNC(=N)NC(=N)N(C)C. The van der Waals surface area contributed by atoms with E-state index in [0.717, 1.165) is 6.42 Å². The second kappa shape index (κ2) is 6.24. The molecule has 1 heterocycles. The van der Waals surface area contributed by atoms with Gasteiger partial charge in [-0.25, -0.2) is 0 Å². The van der Waals surface area contributed by atoms with Crippen molar-refractivity contribution in [1.82, 2.24) is 15.5 Å². The summed E-state index contributed by atoms with van der Waals surface area (Å²) >= 11 is 1.70. The predicted molar refractivity (Wildman–Crippen MR) is 73.0 cm³/mol. The van der Waals surface area contributed by atoms with Crippen LogP contribution in [0.15, 0.2) is 10.8 Å². The van der Waals surface area contributed by atoms with Gasteiger partial charge in [0.1, 0.15) is 0 Å². The Morgan fingerprint density at radius 3 is 2.59 bits per heavy atom. The first-order chi connectivity index (χ1) is 8.00. The smallest absolute Gasteiger partial charge is 0.197 e. The van der Waals surface area contributed by atoms with Crippen molar-refractivity contribution in [2.45, 2.75) is 13.3 Å². The fourth-order valence-corrected chi connectivity index (χ4v) is 2.13. The third-order valence-electron chi connectivity index (χ3n) is 2.35. The summed E-state index contributed by atoms with van der Waals surface area (Å²) in [5.41, 5.74) is 2.62. The second-order valence-corrected chi connectivity index (χ2v) is 4.74. The van der Waals surface area contributed by atoms with E-state index in [1.165, 1.54) is 11.1 Å². The summed E-state index contributed by atoms with van der Waals surface area (Å²) in [6.45, 7) is 2.79. The van der Waals surface area contributed by atoms with E-state index in [0.29, 0.717) is 6.54 Å². The van der Waals surface area contributed by atoms with Gasteiger partial charge in [0, 0.05) is 20.6 Å². The van der Waals surface area contributed by atoms with Crippen molar-refractivity contribution in [2.75, 3.05) is 20.6 Å². The number of hydrogen-bond donors (Lipinski definition) is 4. The van der Waals surface area contributed by atoms with Crippen molar-refractivity contribution >= 4 is 23.3 Å². The van der Waals surface area contributed by atoms with Gasteiger partial charge in [0.15, 0.2) is 11.9 Å². The number of thiophene rings is 1. The summed E-state index contributed by atoms with van der Waals surface area (Å²) in [7, 11) is 3.52. The molecule has 0 aliphatic rings. The molecule has 17 heavy (non-hydrogen) atoms. The highest BCUT2D eigenvalue weighted by atomic mass is 32.1. The first kappa shape index (κ1) is 13.5. The molecular weight excluding hydrogens is 234 g/mol. The van der Waals surface area contributed by atoms with Crippen LogP contribution in [-0.4, -0.2) is 37.5 Å². The molecule has 0 spiro atoms. The molecular formula is C11H19N5S. The van der Waals surface area contributed by atoms with E-state index in [2.05, 4.69) is 28.3 Å². The summed E-state index contributed by atoms with van der Waals surface area (Å²) in [5.74, 6) is 0.366. The fourth-order valence-electron chi connectivity index (χ4n) is 1.24. The quantitative estimate of drug-likeness (QED) is 0.483. The largest absolute Gasteiger partial charge is 0.356 e. The van der Waals surface area contributed by atoms with Gasteiger partial charge in [-0.1, -0.05) is 0 Å². The summed E-state index contributed by atoms with van der Waals surface area (Å²) in [6.07, 6.45) is 0.898. The van der Waals surface area contributed by atoms with Crippen LogP contribution < -0.4 is 10.6 Å². The van der Waals surface area contributed by atoms with Crippen molar-refractivity contribution in [3.05, 3.63) is 21.9 Å². The van der Waals surface area contributed by atoms with E-state index < -0.39 is 0 Å². The monoisotopic (exact) mass is 253 g/mol. The number of rotatable bonds is 3. The van der Waals surface area contributed by atoms with Crippen LogP contribution in [0.4, 0.5) is 0 Å². The van der Waals surface area contributed by atoms with Crippen LogP contribution in [0.25, 0.3) is 0 Å². The van der Waals surface area contributed by atoms with Gasteiger partial charge in [-0.05, 0) is 35.2 Å². The number of hydrogen-bond acceptors (Lipinski definition) is 3. The fraction of sp³-hybridized carbons (Fsp3) is 0.455. The van der Waals surface area contributed by atoms with Gasteiger partial charge >= 0.3 is 0 Å². The van der Waals surface area contributed by atoms with Crippen LogP contribution in [0.5, 0.6) is 0 Å². The van der Waals surface area contributed by atoms with E-state index in [-0.39, 0.29) is 11.9 Å². The zero-order valence-electron chi connectivity index (χ0n) is 10.4. The Morgan fingerprint density at radius 2 is 2.06 bits per heavy atom. The van der Waals surface area contributed by atoms with Gasteiger partial charge in [0.2, 0.25) is 0 Å². The molecule has 1 aromatic heterocycles. The molecule has 5 nitrogen and oxygen atoms in total. The van der Waals surface area contributed by atoms with E-state index in [4.69, 9.17) is 10.8 Å². The highest BCUT2D eigenvalue weighted by Crippen LogP contribution is 2.13. The highest BCUT2D eigenvalue weighted by molar-refractivity contribution is 7.08. The average Bonchev–Trinajstić information content (AvgIpc) is 2.64. The lowest BCUT2D eigenvalue weighted by atomic mass is 10.1. The molecule has 0 atom stereocenters. The molecule has 6 heteroatoms. The lowest BCUT2D eigenvalue weighted by molar-refractivity contribution is 0.597. The van der Waals surface area contributed by atoms with E-state index in [9.17, 15) is 0 Å². The van der Waals surface area contributed by atoms with Gasteiger partial charge in [0.25, 0.3) is 0 Å². The number of nitrogens with zero attached hydrogens (tertiary/aromatic N) is 1. The Hall–Kier alpha value is -1.56. The molecule has 0 aliphatic carbocycles. The first-order valence-electron chi connectivity index (χ1n) is 5.37. The molecule has 94 valence electrons. The molecule has 0 unspecified atom stereocenters. The minimum atomic E-state index is 0.164. The summed E-state index contributed by atoms with van der Waals surface area (Å²) in [5, 5.41) is 25.0. The van der Waals surface area contributed by atoms with Crippen molar-refractivity contribution < 1.29 is 0 Å². The third kappa shape index (κ3) is 4.44. The molecule has 0 aliphatic heterocycles. The summed E-state index contributed by atoms with van der Waals surface area (Å²) < 4.78 is 0. The van der Waals surface area contributed by atoms with E-state index >= 15 is 0 Å². The first-order valence-corrected chi connectivity index (χ1v) is 6.32. The third-order valence-corrected chi connectivity index (χ3v) is 3.26. The highest BCUT2D eigenvalue weighted by Gasteiger charge is 2.03. The van der Waals surface area contributed by atoms with Crippen LogP contribution in [0.2, 0.25) is 0 Å². The standard InChI is InChI=1S/C11H19N5S/c1-8-6-17-7-9(8)4-5-14-10(12)15-11(13)16(2)3/h6-7H,4-5H2,1-3H3,(H4,12,13,14,15). The van der Waals surface area contributed by atoms with Crippen LogP contribution in [0.1, 0.15) is 11.1 Å². The van der Waals surface area contributed by atoms with Gasteiger partial charge in [0.05, 0.1) is 0 Å². The second-order valence-electron chi connectivity index (χ2n) is 4.00. The Bertz CT molecular complexity index is 396. The van der Waals surface area contributed by atoms with Crippen LogP contribution in [-0.2, 0) is 6.42 Å². The van der Waals surface area contributed by atoms with Crippen LogP contribution >= 0.6 is 11.3 Å². The molecule has 4 N–H and O–H groups in total. The molecule has 0 aromatic carbocycles. The maximum atomic E-state index is 7.61. The van der Waals surface area contributed by atoms with E-state index in [1.54, 1.807) is 30.3 Å². The Labute approximate surface area is 106 Å². The molecule has 0 amide bonds. The average molecular weight is 253 g/mol. The van der Waals surface area contributed by atoms with Crippen LogP contribution in [0, 0.1) is 17.7 Å². The topological polar surface area (TPSA) is 75.0 Å². The lowest BCUT2D eigenvalue weighted by Crippen LogP contribution is -2.45. The van der Waals surface area contributed by atoms with Crippen molar-refractivity contribution in [3.63, 3.8) is 0 Å². The van der Waals surface area contributed by atoms with E-state index in [1.807, 2.05) is 0 Å². The van der Waals surface area contributed by atoms with Crippen molar-refractivity contribution in [1.29, 1.82) is 10.8 Å². The summed E-state index contributed by atoms with van der Waals surface area (Å²) in [4.78, 5) is 1.61. The lowest BCUT2D eigenvalue weighted by Gasteiger charge is -2.16. The zero-order chi connectivity index (χ0) is 12.8. The number of nitrogens with one attached hydrogen (secondary N) is 4. The zero-order valence-corrected chi connectivity index (χ0v) is 11.2. The Morgan fingerprint density at radius 1 is 1.35 bits per heavy atom. The maximum Gasteiger partial charge on any atom is 0.197 e. The van der Waals surface area contributed by atoms with Crippen molar-refractivity contribution in [3.8, 4) is 0 Å². The normalized spacial score (nSPS) is 9.82. The molecule has 0 fully saturated rings. The number of guanidine groups is 2. The molecule has 1 aromatic rings. The van der Waals surface area contributed by atoms with Gasteiger partial charge in [-0.2, -0.15) is 11.3 Å². The molecule has 0 radical (unpaired) electrons. The predicted octanol–water partition coefficient (Wildman–Crippen LogP) is 1.21. The minimum absolute atomic E-state index is 0.164. The Balaban J connectivity index is 2.25. The van der Waals surface area contributed by atoms with Crippen molar-refractivity contribution in [2.24, 2.45) is 0 Å². The molecule has 0 bridgehead atoms. The minimum Gasteiger partial charge on any atom is -0.356 e. The number of aryl methyl sites for hydroxylation is 1. The Kier molecular flexibility index (Phi) is 4.96. The van der Waals surface area contributed by atoms with Gasteiger partial charge in [-0.3, -0.25) is 16.1 Å². The maximum absolute atomic E-state index is 7.61. The van der Waals surface area contributed by atoms with Gasteiger partial charge in [-0.15, -0.1) is 0 Å². The molecule has 0 saturated carbocycles. The molecule has 1 rings (SSSR count). The van der Waals surface area contributed by atoms with Gasteiger partial charge < -0.3 is 10.2 Å². The van der Waals surface area contributed by atoms with Crippen LogP contribution in [0.3, 0.4) is 0 Å².